The summed E-state index contributed by atoms with van der Waals surface area (Å²) in [6.45, 7) is 1.36. The van der Waals surface area contributed by atoms with Gasteiger partial charge in [0, 0.05) is 0 Å². The lowest BCUT2D eigenvalue weighted by atomic mass is 10.1. The Labute approximate surface area is 148 Å². The van der Waals surface area contributed by atoms with Crippen LogP contribution < -0.4 is 4.90 Å². The quantitative estimate of drug-likeness (QED) is 0.778. The summed E-state index contributed by atoms with van der Waals surface area (Å²) in [5.41, 5.74) is 0. The normalized spacial score (nSPS) is 21.6. The molecule has 2 atom stereocenters. The number of quaternary nitrogens is 1. The van der Waals surface area contributed by atoms with Gasteiger partial charge >= 0.3 is 0 Å². The van der Waals surface area contributed by atoms with Crippen LogP contribution in [0.2, 0.25) is 4.34 Å². The van der Waals surface area contributed by atoms with Gasteiger partial charge in [0.25, 0.3) is 4.84 Å². The maximum Gasteiger partial charge on any atom is 0.291 e. The van der Waals surface area contributed by atoms with Gasteiger partial charge in [-0.3, -0.25) is 0 Å². The average molecular weight is 395 g/mol. The lowest BCUT2D eigenvalue weighted by Gasteiger charge is -2.11. The molecule has 2 aromatic heterocycles. The van der Waals surface area contributed by atoms with Crippen molar-refractivity contribution in [2.45, 2.75) is 25.6 Å². The Kier molecular flexibility index (Phi) is 4.93. The van der Waals surface area contributed by atoms with Crippen LogP contribution in [-0.4, -0.2) is 36.8 Å². The minimum Gasteiger partial charge on any atom is -0.413 e. The van der Waals surface area contributed by atoms with E-state index >= 15 is 0 Å². The molecular weight excluding hydrogens is 378 g/mol. The van der Waals surface area contributed by atoms with Crippen LogP contribution >= 0.6 is 35.2 Å². The number of nitrogens with zero attached hydrogens (tertiary/aromatic N) is 2. The first-order chi connectivity index (χ1) is 10.8. The van der Waals surface area contributed by atoms with Gasteiger partial charge in [0.05, 0.1) is 33.7 Å². The SMILES string of the molecule is C[NH+](Cc1ccc(Cl)s1)Cn1nc([C@H]2CCS(=O)(=O)C2)oc1=S. The highest BCUT2D eigenvalue weighted by Gasteiger charge is 2.32. The van der Waals surface area contributed by atoms with Crippen molar-refractivity contribution >= 4 is 45.0 Å². The molecule has 1 aliphatic heterocycles. The Morgan fingerprint density at radius 3 is 2.96 bits per heavy atom. The number of nitrogens with one attached hydrogen (secondary N) is 1. The van der Waals surface area contributed by atoms with Crippen LogP contribution in [0.5, 0.6) is 0 Å². The summed E-state index contributed by atoms with van der Waals surface area (Å²) in [7, 11) is -0.937. The molecule has 0 saturated carbocycles. The van der Waals surface area contributed by atoms with E-state index in [2.05, 4.69) is 5.10 Å². The van der Waals surface area contributed by atoms with Crippen LogP contribution in [0.4, 0.5) is 0 Å². The van der Waals surface area contributed by atoms with Crippen molar-refractivity contribution in [3.05, 3.63) is 32.1 Å². The second kappa shape index (κ2) is 6.64. The highest BCUT2D eigenvalue weighted by Crippen LogP contribution is 2.27. The molecule has 1 N–H and O–H groups in total. The largest absolute Gasteiger partial charge is 0.413 e. The van der Waals surface area contributed by atoms with E-state index in [0.717, 1.165) is 10.9 Å². The first-order valence-corrected chi connectivity index (χ1v) is 10.6. The van der Waals surface area contributed by atoms with E-state index < -0.39 is 9.84 Å². The predicted octanol–water partition coefficient (Wildman–Crippen LogP) is 1.49. The lowest BCUT2D eigenvalue weighted by molar-refractivity contribution is -0.917. The second-order valence-corrected chi connectivity index (χ2v) is 10.2. The average Bonchev–Trinajstić information content (AvgIpc) is 3.11. The zero-order valence-electron chi connectivity index (χ0n) is 12.5. The Bertz CT molecular complexity index is 855. The molecule has 1 saturated heterocycles. The van der Waals surface area contributed by atoms with E-state index in [0.29, 0.717) is 19.0 Å². The van der Waals surface area contributed by atoms with Crippen LogP contribution in [0.25, 0.3) is 0 Å². The van der Waals surface area contributed by atoms with Crippen LogP contribution in [0.3, 0.4) is 0 Å². The highest BCUT2D eigenvalue weighted by molar-refractivity contribution is 7.91. The molecule has 23 heavy (non-hydrogen) atoms. The van der Waals surface area contributed by atoms with Crippen molar-refractivity contribution < 1.29 is 17.7 Å². The maximum atomic E-state index is 11.6. The van der Waals surface area contributed by atoms with Gasteiger partial charge in [0.15, 0.2) is 16.5 Å². The molecule has 0 spiro atoms. The number of aromatic nitrogens is 2. The van der Waals surface area contributed by atoms with E-state index in [-0.39, 0.29) is 22.3 Å². The number of rotatable bonds is 5. The Hall–Kier alpha value is -0.740. The zero-order chi connectivity index (χ0) is 16.6. The molecule has 0 bridgehead atoms. The summed E-state index contributed by atoms with van der Waals surface area (Å²) in [6, 6.07) is 3.89. The molecule has 0 radical (unpaired) electrons. The van der Waals surface area contributed by atoms with Gasteiger partial charge < -0.3 is 9.32 Å². The number of halogens is 1. The summed E-state index contributed by atoms with van der Waals surface area (Å²) in [6.07, 6.45) is 0.550. The monoisotopic (exact) mass is 394 g/mol. The van der Waals surface area contributed by atoms with Gasteiger partial charge in [-0.15, -0.1) is 16.4 Å². The topological polar surface area (TPSA) is 69.5 Å². The Morgan fingerprint density at radius 1 is 1.57 bits per heavy atom. The molecule has 10 heteroatoms. The standard InChI is InChI=1S/C13H16ClN3O3S3/c1-16(6-10-2-3-11(14)22-10)8-17-13(21)20-12(15-17)9-4-5-23(18,19)7-9/h2-3,9H,4-8H2,1H3/p+1/t9-/m0/s1. The molecule has 2 aromatic rings. The second-order valence-electron chi connectivity index (χ2n) is 5.80. The van der Waals surface area contributed by atoms with Gasteiger partial charge in [0.2, 0.25) is 5.89 Å². The highest BCUT2D eigenvalue weighted by atomic mass is 35.5. The first kappa shape index (κ1) is 17.1. The minimum absolute atomic E-state index is 0.0959. The fraction of sp³-hybridized carbons (Fsp3) is 0.538. The molecule has 0 aliphatic carbocycles. The summed E-state index contributed by atoms with van der Waals surface area (Å²) in [5.74, 6) is 0.540. The summed E-state index contributed by atoms with van der Waals surface area (Å²) < 4.78 is 31.1. The molecule has 0 aromatic carbocycles. The van der Waals surface area contributed by atoms with E-state index in [4.69, 9.17) is 28.2 Å². The van der Waals surface area contributed by atoms with Gasteiger partial charge in [0.1, 0.15) is 6.54 Å². The predicted molar refractivity (Wildman–Crippen MR) is 91.3 cm³/mol. The molecule has 126 valence electrons. The Balaban J connectivity index is 1.68. The number of hydrogen-bond acceptors (Lipinski definition) is 6. The van der Waals surface area contributed by atoms with Crippen LogP contribution in [0.15, 0.2) is 16.5 Å². The molecule has 3 rings (SSSR count). The van der Waals surface area contributed by atoms with E-state index in [1.165, 1.54) is 9.78 Å². The summed E-state index contributed by atoms with van der Waals surface area (Å²) in [4.78, 5) is 2.65. The van der Waals surface area contributed by atoms with Gasteiger partial charge in [-0.2, -0.15) is 4.68 Å². The summed E-state index contributed by atoms with van der Waals surface area (Å²) in [5, 5.41) is 4.38. The van der Waals surface area contributed by atoms with E-state index in [1.54, 1.807) is 16.0 Å². The first-order valence-electron chi connectivity index (χ1n) is 7.16. The van der Waals surface area contributed by atoms with E-state index in [1.807, 2.05) is 19.2 Å². The number of thiophene rings is 1. The third-order valence-electron chi connectivity index (χ3n) is 3.73. The third kappa shape index (κ3) is 4.21. The van der Waals surface area contributed by atoms with Crippen molar-refractivity contribution in [2.24, 2.45) is 0 Å². The van der Waals surface area contributed by atoms with Crippen LogP contribution in [0.1, 0.15) is 23.1 Å². The van der Waals surface area contributed by atoms with Crippen molar-refractivity contribution in [3.63, 3.8) is 0 Å². The van der Waals surface area contributed by atoms with Gasteiger partial charge in [-0.1, -0.05) is 11.6 Å². The van der Waals surface area contributed by atoms with E-state index in [9.17, 15) is 8.42 Å². The number of sulfone groups is 1. The smallest absolute Gasteiger partial charge is 0.291 e. The molecule has 0 amide bonds. The molecule has 1 aliphatic rings. The molecular formula is C13H17ClN3O3S3+. The van der Waals surface area contributed by atoms with Crippen LogP contribution in [0, 0.1) is 4.84 Å². The van der Waals surface area contributed by atoms with Gasteiger partial charge in [-0.05, 0) is 30.8 Å². The van der Waals surface area contributed by atoms with Crippen molar-refractivity contribution in [3.8, 4) is 0 Å². The van der Waals surface area contributed by atoms with Crippen molar-refractivity contribution in [2.75, 3.05) is 18.6 Å². The lowest BCUT2D eigenvalue weighted by Crippen LogP contribution is -3.06. The van der Waals surface area contributed by atoms with Crippen LogP contribution in [-0.2, 0) is 23.1 Å². The van der Waals surface area contributed by atoms with Crippen molar-refractivity contribution in [1.82, 2.24) is 9.78 Å². The summed E-state index contributed by atoms with van der Waals surface area (Å²) >= 11 is 12.7. The molecule has 3 heterocycles. The van der Waals surface area contributed by atoms with Crippen molar-refractivity contribution in [1.29, 1.82) is 0 Å². The number of hydrogen-bond donors (Lipinski definition) is 1. The zero-order valence-corrected chi connectivity index (χ0v) is 15.7. The minimum atomic E-state index is -2.97. The fourth-order valence-corrected chi connectivity index (χ4v) is 5.76. The fourth-order valence-electron chi connectivity index (χ4n) is 2.63. The van der Waals surface area contributed by atoms with Gasteiger partial charge in [-0.25, -0.2) is 8.42 Å². The Morgan fingerprint density at radius 2 is 2.35 bits per heavy atom. The third-order valence-corrected chi connectivity index (χ3v) is 7.02. The molecule has 1 unspecified atom stereocenters. The molecule has 1 fully saturated rings. The maximum absolute atomic E-state index is 11.6. The molecule has 6 nitrogen and oxygen atoms in total.